The first-order valence-corrected chi connectivity index (χ1v) is 11.2. The Morgan fingerprint density at radius 2 is 1.94 bits per heavy atom. The zero-order valence-electron chi connectivity index (χ0n) is 17.7. The number of sulfonamides is 1. The highest BCUT2D eigenvalue weighted by molar-refractivity contribution is 7.92. The third-order valence-corrected chi connectivity index (χ3v) is 6.12. The number of hydrogen-bond acceptors (Lipinski definition) is 7. The van der Waals surface area contributed by atoms with E-state index in [2.05, 4.69) is 16.6 Å². The molecule has 0 heterocycles. The van der Waals surface area contributed by atoms with Crippen LogP contribution in [0, 0.1) is 10.1 Å². The Bertz CT molecular complexity index is 1170. The van der Waals surface area contributed by atoms with E-state index in [4.69, 9.17) is 4.74 Å². The van der Waals surface area contributed by atoms with E-state index in [0.717, 1.165) is 12.1 Å². The number of nitro groups is 1. The number of aliphatic carboxylic acids is 1. The molecule has 0 saturated carbocycles. The normalized spacial score (nSPS) is 12.8. The molecule has 1 unspecified atom stereocenters. The van der Waals surface area contributed by atoms with Crippen molar-refractivity contribution in [3.8, 4) is 0 Å². The van der Waals surface area contributed by atoms with E-state index in [1.54, 1.807) is 13.0 Å². The number of anilines is 1. The van der Waals surface area contributed by atoms with Gasteiger partial charge in [0.15, 0.2) is 0 Å². The number of benzene rings is 2. The molecule has 0 radical (unpaired) electrons. The summed E-state index contributed by atoms with van der Waals surface area (Å²) in [7, 11) is -4.19. The number of nitro benzene ring substituents is 1. The molecule has 0 aliphatic heterocycles. The minimum absolute atomic E-state index is 0.0727. The highest BCUT2D eigenvalue weighted by Crippen LogP contribution is 2.32. The lowest BCUT2D eigenvalue weighted by molar-refractivity contribution is -0.385. The smallest absolute Gasteiger partial charge is 0.408 e. The second-order valence-corrected chi connectivity index (χ2v) is 8.64. The first-order valence-electron chi connectivity index (χ1n) is 9.68. The highest BCUT2D eigenvalue weighted by atomic mass is 32.2. The summed E-state index contributed by atoms with van der Waals surface area (Å²) in [5.41, 5.74) is -1.39. The van der Waals surface area contributed by atoms with Crippen LogP contribution in [0.5, 0.6) is 0 Å². The van der Waals surface area contributed by atoms with Crippen molar-refractivity contribution in [2.45, 2.75) is 30.2 Å². The van der Waals surface area contributed by atoms with E-state index < -0.39 is 39.0 Å². The minimum atomic E-state index is -4.19. The molecule has 2 aromatic carbocycles. The van der Waals surface area contributed by atoms with Gasteiger partial charge >= 0.3 is 12.1 Å². The molecule has 0 fully saturated rings. The molecule has 2 aromatic rings. The highest BCUT2D eigenvalue weighted by Gasteiger charge is 2.36. The van der Waals surface area contributed by atoms with Crippen LogP contribution in [0.2, 0.25) is 0 Å². The van der Waals surface area contributed by atoms with Gasteiger partial charge in [-0.05, 0) is 30.2 Å². The van der Waals surface area contributed by atoms with Crippen LogP contribution >= 0.6 is 0 Å². The van der Waals surface area contributed by atoms with E-state index in [-0.39, 0.29) is 29.3 Å². The van der Waals surface area contributed by atoms with Crippen molar-refractivity contribution in [3.63, 3.8) is 0 Å². The maximum Gasteiger partial charge on any atom is 0.408 e. The number of nitrogens with one attached hydrogen (secondary N) is 2. The van der Waals surface area contributed by atoms with Gasteiger partial charge in [-0.15, -0.1) is 0 Å². The van der Waals surface area contributed by atoms with Crippen LogP contribution in [0.1, 0.15) is 25.3 Å². The largest absolute Gasteiger partial charge is 0.481 e. The van der Waals surface area contributed by atoms with Crippen molar-refractivity contribution in [1.82, 2.24) is 5.32 Å². The zero-order chi connectivity index (χ0) is 24.6. The van der Waals surface area contributed by atoms with Crippen LogP contribution in [0.3, 0.4) is 0 Å². The fourth-order valence-electron chi connectivity index (χ4n) is 3.12. The molecule has 11 nitrogen and oxygen atoms in total. The Labute approximate surface area is 190 Å². The Morgan fingerprint density at radius 3 is 2.55 bits per heavy atom. The zero-order valence-corrected chi connectivity index (χ0v) is 18.5. The van der Waals surface area contributed by atoms with Gasteiger partial charge in [-0.3, -0.25) is 19.6 Å². The Balaban J connectivity index is 2.42. The molecule has 0 aromatic heterocycles. The summed E-state index contributed by atoms with van der Waals surface area (Å²) in [6, 6.07) is 10.4. The second-order valence-electron chi connectivity index (χ2n) is 6.96. The molecule has 1 atom stereocenters. The van der Waals surface area contributed by atoms with Gasteiger partial charge in [0.25, 0.3) is 15.7 Å². The van der Waals surface area contributed by atoms with E-state index in [1.807, 2.05) is 0 Å². The molecule has 176 valence electrons. The van der Waals surface area contributed by atoms with Gasteiger partial charge < -0.3 is 15.2 Å². The van der Waals surface area contributed by atoms with Crippen molar-refractivity contribution in [2.75, 3.05) is 11.3 Å². The molecule has 33 heavy (non-hydrogen) atoms. The number of amides is 1. The molecule has 2 rings (SSSR count). The van der Waals surface area contributed by atoms with Crippen molar-refractivity contribution in [1.29, 1.82) is 0 Å². The molecule has 0 spiro atoms. The van der Waals surface area contributed by atoms with Gasteiger partial charge in [0.05, 0.1) is 21.8 Å². The van der Waals surface area contributed by atoms with Gasteiger partial charge in [0.2, 0.25) is 0 Å². The number of ether oxygens (including phenoxy) is 1. The predicted octanol–water partition coefficient (Wildman–Crippen LogP) is 3.39. The lowest BCUT2D eigenvalue weighted by atomic mass is 9.84. The molecule has 0 saturated heterocycles. The quantitative estimate of drug-likeness (QED) is 0.252. The second kappa shape index (κ2) is 10.6. The number of nitrogens with zero attached hydrogens (tertiary/aromatic N) is 1. The van der Waals surface area contributed by atoms with Gasteiger partial charge in [-0.25, -0.2) is 13.2 Å². The fraction of sp³-hybridized carbons (Fsp3) is 0.238. The number of rotatable bonds is 11. The van der Waals surface area contributed by atoms with Crippen LogP contribution < -0.4 is 10.0 Å². The van der Waals surface area contributed by atoms with Gasteiger partial charge in [0, 0.05) is 17.8 Å². The van der Waals surface area contributed by atoms with E-state index >= 15 is 0 Å². The molecule has 0 aliphatic rings. The number of alkyl carbamates (subject to hydrolysis) is 1. The molecular formula is C21H23N3O8S. The summed E-state index contributed by atoms with van der Waals surface area (Å²) in [5, 5.41) is 23.0. The van der Waals surface area contributed by atoms with Crippen LogP contribution in [0.15, 0.2) is 66.1 Å². The first kappa shape index (κ1) is 25.3. The SMILES string of the molecule is C=CCOC(=O)NC(CC)(CC(=O)O)c1cccc(NS(=O)(=O)c2cccc([N+](=O)[O-])c2)c1. The Hall–Kier alpha value is -3.93. The lowest BCUT2D eigenvalue weighted by Crippen LogP contribution is -2.47. The molecule has 0 bridgehead atoms. The third-order valence-electron chi connectivity index (χ3n) is 4.74. The van der Waals surface area contributed by atoms with Crippen molar-refractivity contribution in [3.05, 3.63) is 76.9 Å². The average molecular weight is 477 g/mol. The summed E-state index contributed by atoms with van der Waals surface area (Å²) in [4.78, 5) is 33.7. The monoisotopic (exact) mass is 477 g/mol. The maximum atomic E-state index is 12.8. The predicted molar refractivity (Wildman–Crippen MR) is 119 cm³/mol. The maximum absolute atomic E-state index is 12.8. The van der Waals surface area contributed by atoms with Crippen molar-refractivity contribution >= 4 is 33.5 Å². The third kappa shape index (κ3) is 6.53. The van der Waals surface area contributed by atoms with Crippen LogP contribution in [0.4, 0.5) is 16.2 Å². The Kier molecular flexibility index (Phi) is 8.13. The number of carboxylic acid groups (broad SMARTS) is 1. The van der Waals surface area contributed by atoms with Crippen LogP contribution in [0.25, 0.3) is 0 Å². The molecule has 12 heteroatoms. The summed E-state index contributed by atoms with van der Waals surface area (Å²) in [5.74, 6) is -1.19. The molecular weight excluding hydrogens is 454 g/mol. The van der Waals surface area contributed by atoms with Crippen LogP contribution in [-0.2, 0) is 25.1 Å². The van der Waals surface area contributed by atoms with Crippen molar-refractivity contribution < 1.29 is 32.8 Å². The van der Waals surface area contributed by atoms with Crippen LogP contribution in [-0.4, -0.2) is 37.1 Å². The van der Waals surface area contributed by atoms with Gasteiger partial charge in [-0.1, -0.05) is 37.8 Å². The lowest BCUT2D eigenvalue weighted by Gasteiger charge is -2.33. The standard InChI is InChI=1S/C21H23N3O8S/c1-3-11-32-20(27)22-21(4-2,14-19(25)26)15-7-5-8-16(12-15)23-33(30,31)18-10-6-9-17(13-18)24(28)29/h3,5-10,12-13,23H,1,4,11,14H2,2H3,(H,22,27)(H,25,26). The summed E-state index contributed by atoms with van der Waals surface area (Å²) < 4.78 is 32.8. The molecule has 0 aliphatic carbocycles. The number of carboxylic acids is 1. The number of carbonyl (C=O) groups excluding carboxylic acids is 1. The minimum Gasteiger partial charge on any atom is -0.481 e. The average Bonchev–Trinajstić information content (AvgIpc) is 2.76. The number of hydrogen-bond donors (Lipinski definition) is 3. The van der Waals surface area contributed by atoms with Crippen molar-refractivity contribution in [2.24, 2.45) is 0 Å². The molecule has 1 amide bonds. The number of non-ortho nitro benzene ring substituents is 1. The number of carbonyl (C=O) groups is 2. The Morgan fingerprint density at radius 1 is 1.24 bits per heavy atom. The van der Waals surface area contributed by atoms with E-state index in [9.17, 15) is 33.2 Å². The van der Waals surface area contributed by atoms with Gasteiger partial charge in [0.1, 0.15) is 6.61 Å². The topological polar surface area (TPSA) is 165 Å². The fourth-order valence-corrected chi connectivity index (χ4v) is 4.21. The summed E-state index contributed by atoms with van der Waals surface area (Å²) in [6.45, 7) is 5.02. The first-order chi connectivity index (χ1) is 15.5. The van der Waals surface area contributed by atoms with Gasteiger partial charge in [-0.2, -0.15) is 0 Å². The summed E-state index contributed by atoms with van der Waals surface area (Å²) in [6.07, 6.45) is 0.158. The summed E-state index contributed by atoms with van der Waals surface area (Å²) >= 11 is 0. The van der Waals surface area contributed by atoms with E-state index in [1.165, 1.54) is 36.4 Å². The molecule has 3 N–H and O–H groups in total. The van der Waals surface area contributed by atoms with E-state index in [0.29, 0.717) is 5.56 Å².